The van der Waals surface area contributed by atoms with Crippen molar-refractivity contribution < 1.29 is 14.6 Å². The summed E-state index contributed by atoms with van der Waals surface area (Å²) >= 11 is 3.41. The van der Waals surface area contributed by atoms with Crippen molar-refractivity contribution in [3.8, 4) is 5.75 Å². The molecule has 1 aromatic rings. The van der Waals surface area contributed by atoms with Gasteiger partial charge in [-0.25, -0.2) is 0 Å². The fourth-order valence-corrected chi connectivity index (χ4v) is 2.50. The molecule has 19 heavy (non-hydrogen) atoms. The molecule has 2 unspecified atom stereocenters. The summed E-state index contributed by atoms with van der Waals surface area (Å²) in [4.78, 5) is 12.2. The number of hydrogen-bond acceptors (Lipinski definition) is 3. The molecule has 2 N–H and O–H groups in total. The number of fused-ring (bicyclic) bond motifs is 1. The van der Waals surface area contributed by atoms with Gasteiger partial charge in [0.1, 0.15) is 18.3 Å². The van der Waals surface area contributed by atoms with Crippen LogP contribution in [0.25, 0.3) is 0 Å². The monoisotopic (exact) mass is 327 g/mol. The summed E-state index contributed by atoms with van der Waals surface area (Å²) in [5.41, 5.74) is 0.932. The second-order valence-electron chi connectivity index (χ2n) is 4.91. The van der Waals surface area contributed by atoms with Crippen LogP contribution >= 0.6 is 15.9 Å². The maximum Gasteiger partial charge on any atom is 0.231 e. The Kier molecular flexibility index (Phi) is 4.82. The first-order valence-electron chi connectivity index (χ1n) is 6.42. The van der Waals surface area contributed by atoms with Crippen LogP contribution < -0.4 is 10.1 Å². The van der Waals surface area contributed by atoms with Crippen LogP contribution in [0.2, 0.25) is 0 Å². The number of carbonyl (C=O) groups excluding carboxylic acids is 1. The number of ether oxygens (including phenoxy) is 1. The van der Waals surface area contributed by atoms with Gasteiger partial charge in [-0.05, 0) is 30.5 Å². The molecule has 4 nitrogen and oxygen atoms in total. The number of rotatable bonds is 5. The molecule has 0 spiro atoms. The van der Waals surface area contributed by atoms with Crippen molar-refractivity contribution in [3.63, 3.8) is 0 Å². The van der Waals surface area contributed by atoms with Crippen LogP contribution in [0.1, 0.15) is 24.8 Å². The number of nitrogens with one attached hydrogen (secondary N) is 1. The highest BCUT2D eigenvalue weighted by Gasteiger charge is 2.30. The molecule has 5 heteroatoms. The molecule has 0 aromatic heterocycles. The van der Waals surface area contributed by atoms with Crippen molar-refractivity contribution >= 4 is 21.8 Å². The van der Waals surface area contributed by atoms with E-state index in [-0.39, 0.29) is 24.3 Å². The first kappa shape index (κ1) is 14.3. The van der Waals surface area contributed by atoms with Gasteiger partial charge >= 0.3 is 0 Å². The molecule has 1 heterocycles. The van der Waals surface area contributed by atoms with Crippen LogP contribution in [0.15, 0.2) is 22.7 Å². The van der Waals surface area contributed by atoms with Crippen molar-refractivity contribution in [2.45, 2.75) is 19.3 Å². The lowest BCUT2D eigenvalue weighted by Gasteiger charge is -2.14. The van der Waals surface area contributed by atoms with Gasteiger partial charge in [-0.3, -0.25) is 4.79 Å². The van der Waals surface area contributed by atoms with Gasteiger partial charge in [-0.2, -0.15) is 0 Å². The minimum absolute atomic E-state index is 0.0124. The molecular formula is C14H18BrNO3. The third-order valence-corrected chi connectivity index (χ3v) is 3.81. The Hall–Kier alpha value is -1.07. The van der Waals surface area contributed by atoms with Crippen molar-refractivity contribution in [1.82, 2.24) is 5.32 Å². The Labute approximate surface area is 121 Å². The summed E-state index contributed by atoms with van der Waals surface area (Å²) in [6.07, 6.45) is 0.698. The normalized spacial score (nSPS) is 18.6. The summed E-state index contributed by atoms with van der Waals surface area (Å²) in [6.45, 7) is 3.14. The molecule has 0 aliphatic carbocycles. The van der Waals surface area contributed by atoms with Crippen molar-refractivity contribution in [3.05, 3.63) is 28.2 Å². The van der Waals surface area contributed by atoms with E-state index in [1.54, 1.807) is 0 Å². The SMILES string of the molecule is CC(CCO)CNC(=O)C1COc2ccc(Br)cc21. The van der Waals surface area contributed by atoms with E-state index in [0.29, 0.717) is 19.6 Å². The van der Waals surface area contributed by atoms with E-state index in [2.05, 4.69) is 21.2 Å². The van der Waals surface area contributed by atoms with Crippen molar-refractivity contribution in [2.24, 2.45) is 5.92 Å². The van der Waals surface area contributed by atoms with Crippen LogP contribution in [0.5, 0.6) is 5.75 Å². The quantitative estimate of drug-likeness (QED) is 0.870. The van der Waals surface area contributed by atoms with Crippen LogP contribution in [-0.2, 0) is 4.79 Å². The standard InChI is InChI=1S/C14H18BrNO3/c1-9(4-5-17)7-16-14(18)12-8-19-13-3-2-10(15)6-11(12)13/h2-3,6,9,12,17H,4-5,7-8H2,1H3,(H,16,18). The fourth-order valence-electron chi connectivity index (χ4n) is 2.12. The molecular weight excluding hydrogens is 310 g/mol. The molecule has 0 radical (unpaired) electrons. The summed E-state index contributed by atoms with van der Waals surface area (Å²) < 4.78 is 6.47. The van der Waals surface area contributed by atoms with E-state index < -0.39 is 0 Å². The molecule has 2 atom stereocenters. The second-order valence-corrected chi connectivity index (χ2v) is 5.82. The highest BCUT2D eigenvalue weighted by molar-refractivity contribution is 9.10. The van der Waals surface area contributed by atoms with Crippen LogP contribution in [0.4, 0.5) is 0 Å². The van der Waals surface area contributed by atoms with Gasteiger partial charge < -0.3 is 15.2 Å². The third-order valence-electron chi connectivity index (χ3n) is 3.32. The molecule has 2 rings (SSSR count). The van der Waals surface area contributed by atoms with E-state index >= 15 is 0 Å². The van der Waals surface area contributed by atoms with Crippen molar-refractivity contribution in [2.75, 3.05) is 19.8 Å². The lowest BCUT2D eigenvalue weighted by molar-refractivity contribution is -0.122. The molecule has 1 aliphatic heterocycles. The van der Waals surface area contributed by atoms with Crippen molar-refractivity contribution in [1.29, 1.82) is 0 Å². The molecule has 0 fully saturated rings. The molecule has 1 aliphatic rings. The largest absolute Gasteiger partial charge is 0.492 e. The summed E-state index contributed by atoms with van der Waals surface area (Å²) in [5.74, 6) is 0.806. The molecule has 104 valence electrons. The summed E-state index contributed by atoms with van der Waals surface area (Å²) in [7, 11) is 0. The first-order valence-corrected chi connectivity index (χ1v) is 7.22. The topological polar surface area (TPSA) is 58.6 Å². The number of amides is 1. The molecule has 1 aromatic carbocycles. The van der Waals surface area contributed by atoms with E-state index in [9.17, 15) is 4.79 Å². The van der Waals surface area contributed by atoms with E-state index in [1.807, 2.05) is 25.1 Å². The van der Waals surface area contributed by atoms with Gasteiger partial charge in [0, 0.05) is 23.2 Å². The van der Waals surface area contributed by atoms with E-state index in [4.69, 9.17) is 9.84 Å². The zero-order valence-electron chi connectivity index (χ0n) is 10.9. The summed E-state index contributed by atoms with van der Waals surface area (Å²) in [6, 6.07) is 5.72. The predicted molar refractivity (Wildman–Crippen MR) is 76.3 cm³/mol. The predicted octanol–water partition coefficient (Wildman–Crippen LogP) is 2.06. The zero-order valence-corrected chi connectivity index (χ0v) is 12.4. The lowest BCUT2D eigenvalue weighted by atomic mass is 10.00. The molecule has 1 amide bonds. The molecule has 0 bridgehead atoms. The van der Waals surface area contributed by atoms with Crippen LogP contribution in [0.3, 0.4) is 0 Å². The number of carbonyl (C=O) groups is 1. The Balaban J connectivity index is 1.97. The highest BCUT2D eigenvalue weighted by atomic mass is 79.9. The Morgan fingerprint density at radius 3 is 3.16 bits per heavy atom. The van der Waals surface area contributed by atoms with E-state index in [0.717, 1.165) is 15.8 Å². The van der Waals surface area contributed by atoms with Gasteiger partial charge in [0.25, 0.3) is 0 Å². The maximum atomic E-state index is 12.2. The molecule has 0 saturated carbocycles. The van der Waals surface area contributed by atoms with Gasteiger partial charge in [0.05, 0.1) is 0 Å². The zero-order chi connectivity index (χ0) is 13.8. The maximum absolute atomic E-state index is 12.2. The number of aliphatic hydroxyl groups is 1. The van der Waals surface area contributed by atoms with Crippen LogP contribution in [0, 0.1) is 5.92 Å². The minimum atomic E-state index is -0.242. The Morgan fingerprint density at radius 1 is 1.63 bits per heavy atom. The summed E-state index contributed by atoms with van der Waals surface area (Å²) in [5, 5.41) is 11.8. The average Bonchev–Trinajstić information content (AvgIpc) is 2.79. The number of aliphatic hydroxyl groups excluding tert-OH is 1. The van der Waals surface area contributed by atoms with E-state index in [1.165, 1.54) is 0 Å². The fraction of sp³-hybridized carbons (Fsp3) is 0.500. The first-order chi connectivity index (χ1) is 9.11. The van der Waals surface area contributed by atoms with Crippen LogP contribution in [-0.4, -0.2) is 30.8 Å². The molecule has 0 saturated heterocycles. The Morgan fingerprint density at radius 2 is 2.42 bits per heavy atom. The minimum Gasteiger partial charge on any atom is -0.492 e. The highest BCUT2D eigenvalue weighted by Crippen LogP contribution is 2.35. The van der Waals surface area contributed by atoms with Gasteiger partial charge in [-0.15, -0.1) is 0 Å². The van der Waals surface area contributed by atoms with Gasteiger partial charge in [0.2, 0.25) is 5.91 Å². The second kappa shape index (κ2) is 6.39. The average molecular weight is 328 g/mol. The number of halogens is 1. The number of benzene rings is 1. The van der Waals surface area contributed by atoms with Gasteiger partial charge in [-0.1, -0.05) is 22.9 Å². The smallest absolute Gasteiger partial charge is 0.231 e. The lowest BCUT2D eigenvalue weighted by Crippen LogP contribution is -2.33. The van der Waals surface area contributed by atoms with Gasteiger partial charge in [0.15, 0.2) is 0 Å². The number of hydrogen-bond donors (Lipinski definition) is 2. The third kappa shape index (κ3) is 3.48. The Bertz CT molecular complexity index is 464.